The molecule has 4 nitrogen and oxygen atoms in total. The first kappa shape index (κ1) is 17.1. The topological polar surface area (TPSA) is 50.4 Å². The molecule has 122 valence electrons. The Kier molecular flexibility index (Phi) is 6.09. The Hall–Kier alpha value is -1.26. The van der Waals surface area contributed by atoms with E-state index in [4.69, 9.17) is 4.74 Å². The molecule has 1 unspecified atom stereocenters. The van der Waals surface area contributed by atoms with Crippen LogP contribution < -0.4 is 15.4 Å². The van der Waals surface area contributed by atoms with Crippen molar-refractivity contribution in [1.82, 2.24) is 10.6 Å². The van der Waals surface area contributed by atoms with E-state index in [0.29, 0.717) is 6.54 Å². The highest BCUT2D eigenvalue weighted by molar-refractivity contribution is 5.85. The Labute approximate surface area is 138 Å². The minimum atomic E-state index is -0.0220. The first-order valence-corrected chi connectivity index (χ1v) is 7.96. The summed E-state index contributed by atoms with van der Waals surface area (Å²) in [5, 5.41) is 6.24. The molecule has 2 N–H and O–H groups in total. The number of carbonyl (C=O) groups excluding carboxylic acids is 1. The second kappa shape index (κ2) is 7.84. The quantitative estimate of drug-likeness (QED) is 0.845. The monoisotopic (exact) mass is 324 g/mol. The van der Waals surface area contributed by atoms with Gasteiger partial charge in [-0.2, -0.15) is 0 Å². The number of halogens is 1. The van der Waals surface area contributed by atoms with Crippen LogP contribution in [-0.4, -0.2) is 25.1 Å². The molecule has 0 aromatic heterocycles. The van der Waals surface area contributed by atoms with Crippen LogP contribution in [0, 0.1) is 12.8 Å². The molecule has 2 aliphatic rings. The standard InChI is InChI=1S/C17H24N2O2.ClH/c1-12-4-7-14(16(9-12)21-11-13-5-6-13)10-19-17(20)15-3-2-8-18-15;/h4,7,9,13,15,18H,2-3,5-6,8,10-11H2,1H3,(H,19,20);1H. The van der Waals surface area contributed by atoms with Crippen LogP contribution in [0.4, 0.5) is 0 Å². The van der Waals surface area contributed by atoms with Gasteiger partial charge < -0.3 is 15.4 Å². The summed E-state index contributed by atoms with van der Waals surface area (Å²) in [6, 6.07) is 6.17. The van der Waals surface area contributed by atoms with Crippen LogP contribution in [0.25, 0.3) is 0 Å². The van der Waals surface area contributed by atoms with Gasteiger partial charge in [-0.1, -0.05) is 12.1 Å². The van der Waals surface area contributed by atoms with E-state index in [2.05, 4.69) is 35.8 Å². The van der Waals surface area contributed by atoms with Crippen LogP contribution in [0.1, 0.15) is 36.8 Å². The van der Waals surface area contributed by atoms with Crippen molar-refractivity contribution in [1.29, 1.82) is 0 Å². The molecule has 1 atom stereocenters. The maximum atomic E-state index is 12.1. The van der Waals surface area contributed by atoms with Gasteiger partial charge in [0.05, 0.1) is 12.6 Å². The lowest BCUT2D eigenvalue weighted by Gasteiger charge is -2.15. The molecule has 1 saturated carbocycles. The Morgan fingerprint density at radius 2 is 2.18 bits per heavy atom. The fraction of sp³-hybridized carbons (Fsp3) is 0.588. The molecule has 2 fully saturated rings. The largest absolute Gasteiger partial charge is 0.493 e. The van der Waals surface area contributed by atoms with E-state index < -0.39 is 0 Å². The predicted octanol–water partition coefficient (Wildman–Crippen LogP) is 2.57. The van der Waals surface area contributed by atoms with Crippen LogP contribution in [0.3, 0.4) is 0 Å². The molecule has 3 rings (SSSR count). The molecular weight excluding hydrogens is 300 g/mol. The Morgan fingerprint density at radius 3 is 2.86 bits per heavy atom. The maximum Gasteiger partial charge on any atom is 0.237 e. The minimum absolute atomic E-state index is 0. The van der Waals surface area contributed by atoms with Crippen molar-refractivity contribution in [3.8, 4) is 5.75 Å². The van der Waals surface area contributed by atoms with Gasteiger partial charge in [-0.05, 0) is 56.7 Å². The average molecular weight is 325 g/mol. The second-order valence-corrected chi connectivity index (χ2v) is 6.23. The van der Waals surface area contributed by atoms with E-state index >= 15 is 0 Å². The van der Waals surface area contributed by atoms with Gasteiger partial charge >= 0.3 is 0 Å². The van der Waals surface area contributed by atoms with Gasteiger partial charge in [0.25, 0.3) is 0 Å². The van der Waals surface area contributed by atoms with Gasteiger partial charge in [0.2, 0.25) is 5.91 Å². The van der Waals surface area contributed by atoms with Crippen molar-refractivity contribution in [3.05, 3.63) is 29.3 Å². The Bertz CT molecular complexity index is 511. The smallest absolute Gasteiger partial charge is 0.237 e. The normalized spacial score (nSPS) is 20.3. The molecule has 0 spiro atoms. The van der Waals surface area contributed by atoms with Gasteiger partial charge in [-0.3, -0.25) is 4.79 Å². The summed E-state index contributed by atoms with van der Waals surface area (Å²) in [7, 11) is 0. The van der Waals surface area contributed by atoms with Gasteiger partial charge in [0.15, 0.2) is 0 Å². The highest BCUT2D eigenvalue weighted by Crippen LogP contribution is 2.30. The molecular formula is C17H25ClN2O2. The number of rotatable bonds is 6. The average Bonchev–Trinajstić information content (AvgIpc) is 3.15. The highest BCUT2D eigenvalue weighted by atomic mass is 35.5. The molecule has 1 heterocycles. The summed E-state index contributed by atoms with van der Waals surface area (Å²) in [6.45, 7) is 4.35. The van der Waals surface area contributed by atoms with Crippen molar-refractivity contribution in [2.45, 2.75) is 45.2 Å². The lowest BCUT2D eigenvalue weighted by atomic mass is 10.1. The van der Waals surface area contributed by atoms with Crippen molar-refractivity contribution < 1.29 is 9.53 Å². The van der Waals surface area contributed by atoms with Gasteiger partial charge in [0, 0.05) is 12.1 Å². The van der Waals surface area contributed by atoms with E-state index in [9.17, 15) is 4.79 Å². The zero-order chi connectivity index (χ0) is 14.7. The lowest BCUT2D eigenvalue weighted by Crippen LogP contribution is -2.40. The molecule has 22 heavy (non-hydrogen) atoms. The van der Waals surface area contributed by atoms with E-state index in [0.717, 1.165) is 43.2 Å². The molecule has 1 amide bonds. The van der Waals surface area contributed by atoms with E-state index in [1.54, 1.807) is 0 Å². The number of hydrogen-bond acceptors (Lipinski definition) is 3. The Morgan fingerprint density at radius 1 is 1.36 bits per heavy atom. The van der Waals surface area contributed by atoms with Crippen molar-refractivity contribution in [2.24, 2.45) is 5.92 Å². The van der Waals surface area contributed by atoms with Gasteiger partial charge in [-0.15, -0.1) is 12.4 Å². The number of hydrogen-bond donors (Lipinski definition) is 2. The van der Waals surface area contributed by atoms with Crippen LogP contribution in [0.15, 0.2) is 18.2 Å². The summed E-state index contributed by atoms with van der Waals surface area (Å²) < 4.78 is 5.93. The fourth-order valence-corrected chi connectivity index (χ4v) is 2.65. The van der Waals surface area contributed by atoms with Gasteiger partial charge in [0.1, 0.15) is 5.75 Å². The van der Waals surface area contributed by atoms with Crippen LogP contribution >= 0.6 is 12.4 Å². The third kappa shape index (κ3) is 4.62. The first-order chi connectivity index (χ1) is 10.2. The fourth-order valence-electron chi connectivity index (χ4n) is 2.65. The SMILES string of the molecule is Cc1ccc(CNC(=O)C2CCCN2)c(OCC2CC2)c1.Cl. The summed E-state index contributed by atoms with van der Waals surface area (Å²) in [5.41, 5.74) is 2.25. The first-order valence-electron chi connectivity index (χ1n) is 7.96. The third-order valence-corrected chi connectivity index (χ3v) is 4.22. The molecule has 1 aliphatic heterocycles. The Balaban J connectivity index is 0.00000176. The summed E-state index contributed by atoms with van der Waals surface area (Å²) in [4.78, 5) is 12.1. The van der Waals surface area contributed by atoms with Crippen LogP contribution in [0.2, 0.25) is 0 Å². The molecule has 1 aromatic carbocycles. The maximum absolute atomic E-state index is 12.1. The number of carbonyl (C=O) groups is 1. The lowest BCUT2D eigenvalue weighted by molar-refractivity contribution is -0.122. The predicted molar refractivity (Wildman–Crippen MR) is 89.5 cm³/mol. The number of amides is 1. The molecule has 1 saturated heterocycles. The van der Waals surface area contributed by atoms with Gasteiger partial charge in [-0.25, -0.2) is 0 Å². The van der Waals surface area contributed by atoms with Crippen molar-refractivity contribution in [2.75, 3.05) is 13.2 Å². The second-order valence-electron chi connectivity index (χ2n) is 6.23. The number of nitrogens with one attached hydrogen (secondary N) is 2. The summed E-state index contributed by atoms with van der Waals surface area (Å²) in [5.74, 6) is 1.75. The zero-order valence-corrected chi connectivity index (χ0v) is 13.9. The van der Waals surface area contributed by atoms with Crippen molar-refractivity contribution in [3.63, 3.8) is 0 Å². The molecule has 1 aromatic rings. The van der Waals surface area contributed by atoms with Crippen LogP contribution in [0.5, 0.6) is 5.75 Å². The number of benzene rings is 1. The highest BCUT2D eigenvalue weighted by Gasteiger charge is 2.23. The molecule has 0 bridgehead atoms. The summed E-state index contributed by atoms with van der Waals surface area (Å²) >= 11 is 0. The summed E-state index contributed by atoms with van der Waals surface area (Å²) in [6.07, 6.45) is 4.58. The zero-order valence-electron chi connectivity index (χ0n) is 13.1. The number of aryl methyl sites for hydroxylation is 1. The van der Waals surface area contributed by atoms with E-state index in [1.807, 2.05) is 0 Å². The minimum Gasteiger partial charge on any atom is -0.493 e. The van der Waals surface area contributed by atoms with Crippen LogP contribution in [-0.2, 0) is 11.3 Å². The van der Waals surface area contributed by atoms with Crippen molar-refractivity contribution >= 4 is 18.3 Å². The molecule has 0 radical (unpaired) electrons. The molecule has 5 heteroatoms. The number of ether oxygens (including phenoxy) is 1. The van der Waals surface area contributed by atoms with E-state index in [-0.39, 0.29) is 24.4 Å². The molecule has 1 aliphatic carbocycles. The third-order valence-electron chi connectivity index (χ3n) is 4.22. The van der Waals surface area contributed by atoms with E-state index in [1.165, 1.54) is 18.4 Å².